The molecule has 2 aromatic carbocycles. The fourth-order valence-electron chi connectivity index (χ4n) is 2.26. The summed E-state index contributed by atoms with van der Waals surface area (Å²) in [6, 6.07) is 13.9. The van der Waals surface area contributed by atoms with Gasteiger partial charge in [-0.3, -0.25) is 0 Å². The van der Waals surface area contributed by atoms with E-state index in [-0.39, 0.29) is 12.1 Å². The van der Waals surface area contributed by atoms with Crippen molar-refractivity contribution in [1.82, 2.24) is 5.32 Å². The average molecular weight is 320 g/mol. The van der Waals surface area contributed by atoms with Gasteiger partial charge in [0.05, 0.1) is 23.3 Å². The Balaban J connectivity index is 2.00. The molecule has 0 aliphatic heterocycles. The summed E-state index contributed by atoms with van der Waals surface area (Å²) in [6.45, 7) is 0.324. The monoisotopic (exact) mass is 320 g/mol. The first-order chi connectivity index (χ1) is 10.9. The summed E-state index contributed by atoms with van der Waals surface area (Å²) >= 11 is 0. The standard InChI is InChI=1S/C17H15F3N2O/c18-17(19,20)15-7-2-1-6-14(15)16(23)11-22-10-13-5-3-4-12(8-13)9-21/h1-8,16,22-23H,10-11H2. The number of rotatable bonds is 5. The lowest BCUT2D eigenvalue weighted by Crippen LogP contribution is -2.23. The van der Waals surface area contributed by atoms with Crippen LogP contribution in [0.1, 0.15) is 28.4 Å². The molecule has 3 nitrogen and oxygen atoms in total. The van der Waals surface area contributed by atoms with Crippen molar-refractivity contribution >= 4 is 0 Å². The fraction of sp³-hybridized carbons (Fsp3) is 0.235. The summed E-state index contributed by atoms with van der Waals surface area (Å²) in [5.74, 6) is 0. The van der Waals surface area contributed by atoms with E-state index >= 15 is 0 Å². The Morgan fingerprint density at radius 3 is 2.57 bits per heavy atom. The quantitative estimate of drug-likeness (QED) is 0.888. The highest BCUT2D eigenvalue weighted by atomic mass is 19.4. The molecule has 0 aromatic heterocycles. The summed E-state index contributed by atoms with van der Waals surface area (Å²) in [7, 11) is 0. The maximum Gasteiger partial charge on any atom is 0.416 e. The predicted octanol–water partition coefficient (Wildman–Crippen LogP) is 3.40. The second-order valence-electron chi connectivity index (χ2n) is 5.04. The van der Waals surface area contributed by atoms with E-state index in [1.165, 1.54) is 18.2 Å². The summed E-state index contributed by atoms with van der Waals surface area (Å²) < 4.78 is 38.8. The van der Waals surface area contributed by atoms with Crippen LogP contribution < -0.4 is 5.32 Å². The van der Waals surface area contributed by atoms with Gasteiger partial charge < -0.3 is 10.4 Å². The highest BCUT2D eigenvalue weighted by Crippen LogP contribution is 2.34. The molecule has 0 amide bonds. The maximum absolute atomic E-state index is 12.9. The van der Waals surface area contributed by atoms with Gasteiger partial charge >= 0.3 is 6.18 Å². The Morgan fingerprint density at radius 2 is 1.87 bits per heavy atom. The molecule has 1 atom stereocenters. The molecule has 1 unspecified atom stereocenters. The number of nitrogens with one attached hydrogen (secondary N) is 1. The number of hydrogen-bond donors (Lipinski definition) is 2. The molecule has 2 aromatic rings. The SMILES string of the molecule is N#Cc1cccc(CNCC(O)c2ccccc2C(F)(F)F)c1. The number of alkyl halides is 3. The zero-order valence-corrected chi connectivity index (χ0v) is 12.1. The van der Waals surface area contributed by atoms with Gasteiger partial charge in [-0.15, -0.1) is 0 Å². The Hall–Kier alpha value is -2.36. The van der Waals surface area contributed by atoms with Crippen molar-refractivity contribution in [1.29, 1.82) is 5.26 Å². The fourth-order valence-corrected chi connectivity index (χ4v) is 2.26. The second kappa shape index (κ2) is 7.27. The lowest BCUT2D eigenvalue weighted by molar-refractivity contribution is -0.139. The topological polar surface area (TPSA) is 56.0 Å². The minimum atomic E-state index is -4.50. The third-order valence-corrected chi connectivity index (χ3v) is 3.35. The van der Waals surface area contributed by atoms with Crippen molar-refractivity contribution < 1.29 is 18.3 Å². The van der Waals surface area contributed by atoms with Gasteiger partial charge in [0.25, 0.3) is 0 Å². The van der Waals surface area contributed by atoms with Crippen LogP contribution in [-0.4, -0.2) is 11.7 Å². The van der Waals surface area contributed by atoms with E-state index in [0.29, 0.717) is 12.1 Å². The molecule has 0 saturated heterocycles. The van der Waals surface area contributed by atoms with E-state index in [9.17, 15) is 18.3 Å². The molecule has 2 N–H and O–H groups in total. The van der Waals surface area contributed by atoms with Crippen molar-refractivity contribution in [2.24, 2.45) is 0 Å². The molecular weight excluding hydrogens is 305 g/mol. The number of hydrogen-bond acceptors (Lipinski definition) is 3. The molecule has 0 heterocycles. The Kier molecular flexibility index (Phi) is 5.37. The summed E-state index contributed by atoms with van der Waals surface area (Å²) in [5, 5.41) is 21.7. The number of nitriles is 1. The molecular formula is C17H15F3N2O. The van der Waals surface area contributed by atoms with Crippen LogP contribution in [0.15, 0.2) is 48.5 Å². The zero-order chi connectivity index (χ0) is 16.9. The third-order valence-electron chi connectivity index (χ3n) is 3.35. The molecule has 0 radical (unpaired) electrons. The van der Waals surface area contributed by atoms with Crippen LogP contribution in [0.4, 0.5) is 13.2 Å². The van der Waals surface area contributed by atoms with E-state index in [1.54, 1.807) is 24.3 Å². The first kappa shape index (κ1) is 17.0. The molecule has 23 heavy (non-hydrogen) atoms. The van der Waals surface area contributed by atoms with Crippen LogP contribution in [-0.2, 0) is 12.7 Å². The van der Waals surface area contributed by atoms with Crippen LogP contribution in [0.25, 0.3) is 0 Å². The summed E-state index contributed by atoms with van der Waals surface area (Å²) in [5.41, 5.74) is 0.340. The molecule has 0 spiro atoms. The van der Waals surface area contributed by atoms with Crippen molar-refractivity contribution in [3.05, 3.63) is 70.8 Å². The largest absolute Gasteiger partial charge is 0.416 e. The van der Waals surface area contributed by atoms with Gasteiger partial charge in [0.15, 0.2) is 0 Å². The first-order valence-electron chi connectivity index (χ1n) is 6.96. The number of nitrogens with zero attached hydrogens (tertiary/aromatic N) is 1. The molecule has 6 heteroatoms. The van der Waals surface area contributed by atoms with Gasteiger partial charge in [0.2, 0.25) is 0 Å². The van der Waals surface area contributed by atoms with E-state index in [1.807, 2.05) is 6.07 Å². The van der Waals surface area contributed by atoms with Crippen LogP contribution in [0.3, 0.4) is 0 Å². The number of aliphatic hydroxyl groups excluding tert-OH is 1. The number of aliphatic hydroxyl groups is 1. The van der Waals surface area contributed by atoms with Gasteiger partial charge in [0, 0.05) is 13.1 Å². The molecule has 0 bridgehead atoms. The highest BCUT2D eigenvalue weighted by Gasteiger charge is 2.34. The Morgan fingerprint density at radius 1 is 1.13 bits per heavy atom. The van der Waals surface area contributed by atoms with Gasteiger partial charge in [-0.05, 0) is 29.3 Å². The van der Waals surface area contributed by atoms with Crippen LogP contribution in [0, 0.1) is 11.3 Å². The van der Waals surface area contributed by atoms with E-state index in [4.69, 9.17) is 5.26 Å². The van der Waals surface area contributed by atoms with E-state index in [2.05, 4.69) is 5.32 Å². The molecule has 2 rings (SSSR count). The van der Waals surface area contributed by atoms with Crippen molar-refractivity contribution in [3.8, 4) is 6.07 Å². The van der Waals surface area contributed by atoms with Crippen LogP contribution >= 0.6 is 0 Å². The average Bonchev–Trinajstić information content (AvgIpc) is 2.54. The van der Waals surface area contributed by atoms with Crippen molar-refractivity contribution in [2.75, 3.05) is 6.54 Å². The van der Waals surface area contributed by atoms with Gasteiger partial charge in [-0.25, -0.2) is 0 Å². The van der Waals surface area contributed by atoms with Crippen LogP contribution in [0.2, 0.25) is 0 Å². The smallest absolute Gasteiger partial charge is 0.387 e. The first-order valence-corrected chi connectivity index (χ1v) is 6.96. The third kappa shape index (κ3) is 4.55. The lowest BCUT2D eigenvalue weighted by Gasteiger charge is -2.18. The Bertz CT molecular complexity index is 707. The van der Waals surface area contributed by atoms with Crippen molar-refractivity contribution in [3.63, 3.8) is 0 Å². The van der Waals surface area contributed by atoms with Gasteiger partial charge in [-0.1, -0.05) is 30.3 Å². The number of benzene rings is 2. The van der Waals surface area contributed by atoms with Gasteiger partial charge in [-0.2, -0.15) is 18.4 Å². The minimum Gasteiger partial charge on any atom is -0.387 e. The molecule has 0 aliphatic carbocycles. The molecule has 0 saturated carbocycles. The summed E-state index contributed by atoms with van der Waals surface area (Å²) in [6.07, 6.45) is -5.77. The highest BCUT2D eigenvalue weighted by molar-refractivity contribution is 5.33. The van der Waals surface area contributed by atoms with Crippen molar-refractivity contribution in [2.45, 2.75) is 18.8 Å². The van der Waals surface area contributed by atoms with Gasteiger partial charge in [0.1, 0.15) is 0 Å². The normalized spacial score (nSPS) is 12.7. The lowest BCUT2D eigenvalue weighted by atomic mass is 10.0. The van der Waals surface area contributed by atoms with Crippen LogP contribution in [0.5, 0.6) is 0 Å². The number of halogens is 3. The predicted molar refractivity (Wildman–Crippen MR) is 79.3 cm³/mol. The second-order valence-corrected chi connectivity index (χ2v) is 5.04. The van der Waals surface area contributed by atoms with E-state index in [0.717, 1.165) is 11.6 Å². The summed E-state index contributed by atoms with van der Waals surface area (Å²) in [4.78, 5) is 0. The van der Waals surface area contributed by atoms with E-state index < -0.39 is 17.8 Å². The Labute approximate surface area is 132 Å². The zero-order valence-electron chi connectivity index (χ0n) is 12.1. The molecule has 0 aliphatic rings. The molecule has 0 fully saturated rings. The minimum absolute atomic E-state index is 0.0239. The maximum atomic E-state index is 12.9. The molecule has 120 valence electrons.